The maximum Gasteiger partial charge on any atom is 0.329 e. The number of benzene rings is 1. The number of nitrogens with one attached hydrogen (secondary N) is 1. The summed E-state index contributed by atoms with van der Waals surface area (Å²) in [6.45, 7) is 0.395. The molecule has 4 rings (SSSR count). The summed E-state index contributed by atoms with van der Waals surface area (Å²) in [6.07, 6.45) is -0.0540. The summed E-state index contributed by atoms with van der Waals surface area (Å²) in [7, 11) is 1.56. The summed E-state index contributed by atoms with van der Waals surface area (Å²) < 4.78 is 46.0. The number of alkyl halides is 2. The fourth-order valence-corrected chi connectivity index (χ4v) is 4.06. The standard InChI is InChI=1S/C19H20F3N5O4/c1-10(28)31-26-5-3-13(19(21,22)9-26)11-8-15-12(7-14(11)20)17(24-25(15)2)27-6-4-16(29)23-18(27)30/h7-8,13H,3-6,9H2,1-2H3,(H,23,29,30). The number of carbonyl (C=O) groups is 3. The van der Waals surface area contributed by atoms with E-state index in [0.29, 0.717) is 5.52 Å². The number of hydrogen-bond donors (Lipinski definition) is 1. The van der Waals surface area contributed by atoms with Crippen molar-refractivity contribution in [2.24, 2.45) is 7.05 Å². The van der Waals surface area contributed by atoms with Gasteiger partial charge in [0.15, 0.2) is 5.82 Å². The molecule has 2 aliphatic heterocycles. The Morgan fingerprint density at radius 3 is 2.68 bits per heavy atom. The van der Waals surface area contributed by atoms with Crippen molar-refractivity contribution in [3.63, 3.8) is 0 Å². The van der Waals surface area contributed by atoms with Crippen molar-refractivity contribution in [2.45, 2.75) is 31.6 Å². The van der Waals surface area contributed by atoms with Gasteiger partial charge in [-0.1, -0.05) is 0 Å². The van der Waals surface area contributed by atoms with Crippen LogP contribution in [0.25, 0.3) is 10.9 Å². The number of fused-ring (bicyclic) bond motifs is 1. The first-order chi connectivity index (χ1) is 14.6. The van der Waals surface area contributed by atoms with E-state index < -0.39 is 42.1 Å². The molecule has 1 unspecified atom stereocenters. The van der Waals surface area contributed by atoms with Gasteiger partial charge in [0.1, 0.15) is 5.82 Å². The van der Waals surface area contributed by atoms with Crippen LogP contribution in [0.4, 0.5) is 23.8 Å². The van der Waals surface area contributed by atoms with Crippen LogP contribution in [0.2, 0.25) is 0 Å². The molecule has 0 radical (unpaired) electrons. The van der Waals surface area contributed by atoms with Gasteiger partial charge >= 0.3 is 12.0 Å². The molecule has 31 heavy (non-hydrogen) atoms. The van der Waals surface area contributed by atoms with Gasteiger partial charge in [-0.3, -0.25) is 24.5 Å². The number of halogens is 3. The molecular formula is C19H20F3N5O4. The number of aryl methyl sites for hydroxylation is 1. The predicted molar refractivity (Wildman–Crippen MR) is 102 cm³/mol. The number of piperidine rings is 1. The second-order valence-corrected chi connectivity index (χ2v) is 7.64. The maximum absolute atomic E-state index is 15.0. The Hall–Kier alpha value is -3.15. The van der Waals surface area contributed by atoms with Crippen molar-refractivity contribution in [2.75, 3.05) is 24.5 Å². The Morgan fingerprint density at radius 2 is 2.03 bits per heavy atom. The molecule has 3 amide bonds. The van der Waals surface area contributed by atoms with E-state index in [2.05, 4.69) is 10.4 Å². The Bertz CT molecular complexity index is 1090. The van der Waals surface area contributed by atoms with Gasteiger partial charge in [-0.15, -0.1) is 5.06 Å². The van der Waals surface area contributed by atoms with Crippen LogP contribution in [0.5, 0.6) is 0 Å². The fraction of sp³-hybridized carbons (Fsp3) is 0.474. The number of hydroxylamine groups is 2. The summed E-state index contributed by atoms with van der Waals surface area (Å²) in [5, 5.41) is 7.58. The van der Waals surface area contributed by atoms with Gasteiger partial charge < -0.3 is 4.84 Å². The number of imide groups is 1. The minimum absolute atomic E-state index is 0.0376. The lowest BCUT2D eigenvalue weighted by Gasteiger charge is -2.37. The zero-order valence-corrected chi connectivity index (χ0v) is 16.8. The van der Waals surface area contributed by atoms with Crippen LogP contribution >= 0.6 is 0 Å². The van der Waals surface area contributed by atoms with Gasteiger partial charge in [-0.05, 0) is 24.1 Å². The number of hydrogen-bond acceptors (Lipinski definition) is 6. The van der Waals surface area contributed by atoms with E-state index in [1.807, 2.05) is 0 Å². The largest absolute Gasteiger partial charge is 0.368 e. The van der Waals surface area contributed by atoms with E-state index in [0.717, 1.165) is 18.1 Å². The summed E-state index contributed by atoms with van der Waals surface area (Å²) in [6, 6.07) is 1.73. The maximum atomic E-state index is 15.0. The Morgan fingerprint density at radius 1 is 1.29 bits per heavy atom. The van der Waals surface area contributed by atoms with Crippen molar-refractivity contribution in [1.29, 1.82) is 0 Å². The first-order valence-electron chi connectivity index (χ1n) is 9.65. The van der Waals surface area contributed by atoms with Crippen molar-refractivity contribution in [3.05, 3.63) is 23.5 Å². The molecule has 2 fully saturated rings. The zero-order chi connectivity index (χ0) is 22.5. The smallest absolute Gasteiger partial charge is 0.329 e. The molecule has 9 nitrogen and oxygen atoms in total. The first-order valence-corrected chi connectivity index (χ1v) is 9.65. The Balaban J connectivity index is 1.69. The molecule has 1 atom stereocenters. The topological polar surface area (TPSA) is 96.8 Å². The molecule has 0 bridgehead atoms. The van der Waals surface area contributed by atoms with E-state index >= 15 is 4.39 Å². The number of anilines is 1. The average Bonchev–Trinajstić information content (AvgIpc) is 2.96. The number of carbonyl (C=O) groups excluding carboxylic acids is 3. The quantitative estimate of drug-likeness (QED) is 0.787. The molecule has 0 spiro atoms. The normalized spacial score (nSPS) is 22.0. The molecule has 166 valence electrons. The van der Waals surface area contributed by atoms with E-state index in [1.54, 1.807) is 7.05 Å². The van der Waals surface area contributed by atoms with Gasteiger partial charge in [0.05, 0.1) is 18.0 Å². The van der Waals surface area contributed by atoms with Crippen molar-refractivity contribution in [1.82, 2.24) is 20.2 Å². The van der Waals surface area contributed by atoms with Gasteiger partial charge in [0, 0.05) is 38.9 Å². The second kappa shape index (κ2) is 7.52. The van der Waals surface area contributed by atoms with Gasteiger partial charge in [0.25, 0.3) is 5.92 Å². The van der Waals surface area contributed by atoms with Gasteiger partial charge in [-0.25, -0.2) is 18.0 Å². The molecule has 2 aliphatic rings. The average molecular weight is 439 g/mol. The third kappa shape index (κ3) is 3.82. The first kappa shape index (κ1) is 21.1. The van der Waals surface area contributed by atoms with Crippen molar-refractivity contribution >= 4 is 34.6 Å². The third-order valence-corrected chi connectivity index (χ3v) is 5.46. The van der Waals surface area contributed by atoms with Crippen LogP contribution in [0, 0.1) is 5.82 Å². The lowest BCUT2D eigenvalue weighted by molar-refractivity contribution is -0.222. The summed E-state index contributed by atoms with van der Waals surface area (Å²) >= 11 is 0. The van der Waals surface area contributed by atoms with Crippen LogP contribution in [0.15, 0.2) is 12.1 Å². The Kier molecular flexibility index (Phi) is 5.12. The number of rotatable bonds is 3. The summed E-state index contributed by atoms with van der Waals surface area (Å²) in [5.41, 5.74) is 0.196. The van der Waals surface area contributed by atoms with Crippen LogP contribution in [-0.2, 0) is 21.5 Å². The predicted octanol–water partition coefficient (Wildman–Crippen LogP) is 2.06. The lowest BCUT2D eigenvalue weighted by atomic mass is 9.86. The highest BCUT2D eigenvalue weighted by Crippen LogP contribution is 2.43. The molecule has 1 aromatic heterocycles. The molecule has 1 N–H and O–H groups in total. The molecule has 2 saturated heterocycles. The molecular weight excluding hydrogens is 419 g/mol. The summed E-state index contributed by atoms with van der Waals surface area (Å²) in [4.78, 5) is 40.6. The van der Waals surface area contributed by atoms with E-state index in [-0.39, 0.29) is 42.7 Å². The number of nitrogens with zero attached hydrogens (tertiary/aromatic N) is 4. The van der Waals surface area contributed by atoms with Gasteiger partial charge in [0.2, 0.25) is 5.91 Å². The molecule has 12 heteroatoms. The highest BCUT2D eigenvalue weighted by atomic mass is 19.3. The molecule has 2 aromatic rings. The Labute approximate surface area is 174 Å². The highest BCUT2D eigenvalue weighted by Gasteiger charge is 2.47. The minimum atomic E-state index is -3.34. The third-order valence-electron chi connectivity index (χ3n) is 5.46. The van der Waals surface area contributed by atoms with Crippen molar-refractivity contribution in [3.8, 4) is 0 Å². The number of aromatic nitrogens is 2. The lowest BCUT2D eigenvalue weighted by Crippen LogP contribution is -2.49. The second-order valence-electron chi connectivity index (χ2n) is 7.64. The molecule has 1 aromatic carbocycles. The van der Waals surface area contributed by atoms with E-state index in [1.165, 1.54) is 15.6 Å². The summed E-state index contributed by atoms with van der Waals surface area (Å²) in [5.74, 6) is -6.58. The molecule has 0 aliphatic carbocycles. The van der Waals surface area contributed by atoms with Gasteiger partial charge in [-0.2, -0.15) is 5.10 Å². The number of urea groups is 1. The van der Waals surface area contributed by atoms with Crippen molar-refractivity contribution < 1.29 is 32.4 Å². The highest BCUT2D eigenvalue weighted by molar-refractivity contribution is 6.08. The van der Waals surface area contributed by atoms with Crippen LogP contribution in [0.1, 0.15) is 31.2 Å². The molecule has 0 saturated carbocycles. The van der Waals surface area contributed by atoms with E-state index in [9.17, 15) is 23.2 Å². The van der Waals surface area contributed by atoms with Crippen LogP contribution in [0.3, 0.4) is 0 Å². The SMILES string of the molecule is CC(=O)ON1CCC(c2cc3c(cc2F)c(N2CCC(=O)NC2=O)nn3C)C(F)(F)C1. The fourth-order valence-electron chi connectivity index (χ4n) is 4.06. The monoisotopic (exact) mass is 439 g/mol. The zero-order valence-electron chi connectivity index (χ0n) is 16.8. The molecule has 3 heterocycles. The number of amides is 3. The minimum Gasteiger partial charge on any atom is -0.368 e. The van der Waals surface area contributed by atoms with E-state index in [4.69, 9.17) is 4.84 Å². The van der Waals surface area contributed by atoms with Crippen LogP contribution in [-0.4, -0.2) is 58.3 Å². The van der Waals surface area contributed by atoms with Crippen LogP contribution < -0.4 is 10.2 Å².